The molecule has 0 saturated carbocycles. The van der Waals surface area contributed by atoms with Crippen LogP contribution in [-0.4, -0.2) is 24.6 Å². The molecular formula is C13H20O4. The Morgan fingerprint density at radius 1 is 1.24 bits per heavy atom. The van der Waals surface area contributed by atoms with Gasteiger partial charge < -0.3 is 9.47 Å². The van der Waals surface area contributed by atoms with Crippen LogP contribution in [0.4, 0.5) is 0 Å². The van der Waals surface area contributed by atoms with E-state index in [2.05, 4.69) is 5.92 Å². The number of hydrogen-bond acceptors (Lipinski definition) is 4. The molecule has 0 spiro atoms. The van der Waals surface area contributed by atoms with E-state index in [0.29, 0.717) is 12.5 Å². The molecule has 0 saturated heterocycles. The predicted molar refractivity (Wildman–Crippen MR) is 64.0 cm³/mol. The first-order chi connectivity index (χ1) is 7.99. The van der Waals surface area contributed by atoms with Crippen molar-refractivity contribution in [3.63, 3.8) is 0 Å². The van der Waals surface area contributed by atoms with Gasteiger partial charge in [-0.05, 0) is 12.8 Å². The largest absolute Gasteiger partial charge is 0.465 e. The first kappa shape index (κ1) is 15.5. The van der Waals surface area contributed by atoms with Gasteiger partial charge >= 0.3 is 11.9 Å². The van der Waals surface area contributed by atoms with Crippen molar-refractivity contribution in [1.29, 1.82) is 0 Å². The highest BCUT2D eigenvalue weighted by molar-refractivity contribution is 5.77. The Morgan fingerprint density at radius 2 is 1.82 bits per heavy atom. The van der Waals surface area contributed by atoms with E-state index in [1.807, 2.05) is 13.8 Å². The summed E-state index contributed by atoms with van der Waals surface area (Å²) < 4.78 is 9.80. The second-order valence-corrected chi connectivity index (χ2v) is 4.00. The molecule has 0 radical (unpaired) electrons. The van der Waals surface area contributed by atoms with Gasteiger partial charge in [-0.2, -0.15) is 0 Å². The summed E-state index contributed by atoms with van der Waals surface area (Å²) in [7, 11) is 0. The van der Waals surface area contributed by atoms with Gasteiger partial charge in [0.25, 0.3) is 0 Å². The molecule has 2 atom stereocenters. The minimum Gasteiger partial charge on any atom is -0.465 e. The molecule has 0 N–H and O–H groups in total. The Morgan fingerprint density at radius 3 is 2.35 bits per heavy atom. The van der Waals surface area contributed by atoms with Crippen LogP contribution in [0.3, 0.4) is 0 Å². The van der Waals surface area contributed by atoms with Crippen LogP contribution in [-0.2, 0) is 19.1 Å². The number of carbonyl (C=O) groups is 2. The molecule has 4 heteroatoms. The minimum absolute atomic E-state index is 0.00532. The molecule has 0 aromatic rings. The van der Waals surface area contributed by atoms with Crippen LogP contribution in [0.1, 0.15) is 40.0 Å². The second kappa shape index (κ2) is 8.63. The average molecular weight is 240 g/mol. The highest BCUT2D eigenvalue weighted by Crippen LogP contribution is 2.03. The molecule has 96 valence electrons. The lowest BCUT2D eigenvalue weighted by atomic mass is 10.1. The number of carbonyl (C=O) groups excluding carboxylic acids is 2. The van der Waals surface area contributed by atoms with E-state index in [4.69, 9.17) is 15.9 Å². The van der Waals surface area contributed by atoms with E-state index in [0.717, 1.165) is 6.42 Å². The van der Waals surface area contributed by atoms with Crippen LogP contribution in [0.2, 0.25) is 0 Å². The third-order valence-corrected chi connectivity index (χ3v) is 2.30. The molecule has 0 aliphatic rings. The van der Waals surface area contributed by atoms with Crippen molar-refractivity contribution in [1.82, 2.24) is 0 Å². The molecule has 0 fully saturated rings. The van der Waals surface area contributed by atoms with E-state index in [1.165, 1.54) is 0 Å². The second-order valence-electron chi connectivity index (χ2n) is 4.00. The third-order valence-electron chi connectivity index (χ3n) is 2.30. The molecule has 0 aliphatic heterocycles. The maximum atomic E-state index is 11.3. The van der Waals surface area contributed by atoms with Gasteiger partial charge in [-0.1, -0.05) is 26.2 Å². The number of hydrogen-bond donors (Lipinski definition) is 0. The lowest BCUT2D eigenvalue weighted by Gasteiger charge is -2.10. The Labute approximate surface area is 103 Å². The first-order valence-corrected chi connectivity index (χ1v) is 5.80. The van der Waals surface area contributed by atoms with Crippen molar-refractivity contribution in [3.8, 4) is 12.3 Å². The van der Waals surface area contributed by atoms with Crippen LogP contribution in [0.15, 0.2) is 0 Å². The van der Waals surface area contributed by atoms with Gasteiger partial charge in [0.15, 0.2) is 6.10 Å². The highest BCUT2D eigenvalue weighted by Gasteiger charge is 2.11. The topological polar surface area (TPSA) is 52.6 Å². The summed E-state index contributed by atoms with van der Waals surface area (Å²) in [4.78, 5) is 22.4. The summed E-state index contributed by atoms with van der Waals surface area (Å²) in [6, 6.07) is 0. The number of rotatable bonds is 7. The fourth-order valence-electron chi connectivity index (χ4n) is 0.919. The van der Waals surface area contributed by atoms with E-state index in [9.17, 15) is 9.59 Å². The average Bonchev–Trinajstić information content (AvgIpc) is 2.32. The van der Waals surface area contributed by atoms with Crippen LogP contribution >= 0.6 is 0 Å². The molecule has 0 aromatic carbocycles. The van der Waals surface area contributed by atoms with Gasteiger partial charge in [0.1, 0.15) is 0 Å². The normalized spacial score (nSPS) is 13.3. The summed E-state index contributed by atoms with van der Waals surface area (Å²) in [6.45, 7) is 6.01. The van der Waals surface area contributed by atoms with E-state index in [-0.39, 0.29) is 18.8 Å². The van der Waals surface area contributed by atoms with Crippen molar-refractivity contribution in [3.05, 3.63) is 0 Å². The molecule has 0 aromatic heterocycles. The summed E-state index contributed by atoms with van der Waals surface area (Å²) in [5.41, 5.74) is 0. The molecule has 0 aliphatic carbocycles. The van der Waals surface area contributed by atoms with Crippen molar-refractivity contribution in [2.24, 2.45) is 5.92 Å². The van der Waals surface area contributed by atoms with Crippen molar-refractivity contribution in [2.45, 2.75) is 46.1 Å². The van der Waals surface area contributed by atoms with Crippen LogP contribution in [0.5, 0.6) is 0 Å². The number of terminal acetylenes is 1. The molecule has 0 amide bonds. The molecule has 0 rings (SSSR count). The van der Waals surface area contributed by atoms with E-state index < -0.39 is 12.1 Å². The number of ether oxygens (including phenoxy) is 2. The summed E-state index contributed by atoms with van der Waals surface area (Å²) in [6.07, 6.45) is 5.49. The standard InChI is InChI=1S/C13H20O4/c1-5-10(3)9-16-12(14)7-8-13(15)17-11(4)6-2/h2,10-11H,5,7-9H2,1,3-4H3. The molecule has 2 unspecified atom stereocenters. The molecular weight excluding hydrogens is 220 g/mol. The maximum absolute atomic E-state index is 11.3. The highest BCUT2D eigenvalue weighted by atomic mass is 16.5. The van der Waals surface area contributed by atoms with Crippen molar-refractivity contribution < 1.29 is 19.1 Å². The maximum Gasteiger partial charge on any atom is 0.307 e. The van der Waals surface area contributed by atoms with Gasteiger partial charge in [0, 0.05) is 0 Å². The Bertz CT molecular complexity index is 290. The smallest absolute Gasteiger partial charge is 0.307 e. The zero-order valence-electron chi connectivity index (χ0n) is 10.7. The lowest BCUT2D eigenvalue weighted by Crippen LogP contribution is -2.16. The first-order valence-electron chi connectivity index (χ1n) is 5.80. The summed E-state index contributed by atoms with van der Waals surface area (Å²) in [5.74, 6) is 1.76. The Hall–Kier alpha value is -1.50. The van der Waals surface area contributed by atoms with Crippen molar-refractivity contribution in [2.75, 3.05) is 6.61 Å². The minimum atomic E-state index is -0.557. The fourth-order valence-corrected chi connectivity index (χ4v) is 0.919. The zero-order chi connectivity index (χ0) is 13.3. The quantitative estimate of drug-likeness (QED) is 0.504. The predicted octanol–water partition coefficient (Wildman–Crippen LogP) is 1.92. The molecule has 17 heavy (non-hydrogen) atoms. The molecule has 0 heterocycles. The third kappa shape index (κ3) is 8.32. The van der Waals surface area contributed by atoms with Gasteiger partial charge in [-0.25, -0.2) is 0 Å². The monoisotopic (exact) mass is 240 g/mol. The molecule has 4 nitrogen and oxygen atoms in total. The van der Waals surface area contributed by atoms with Crippen molar-refractivity contribution >= 4 is 11.9 Å². The summed E-state index contributed by atoms with van der Waals surface area (Å²) >= 11 is 0. The van der Waals surface area contributed by atoms with Gasteiger partial charge in [0.2, 0.25) is 0 Å². The van der Waals surface area contributed by atoms with Crippen LogP contribution < -0.4 is 0 Å². The molecule has 0 bridgehead atoms. The Balaban J connectivity index is 3.70. The zero-order valence-corrected chi connectivity index (χ0v) is 10.7. The summed E-state index contributed by atoms with van der Waals surface area (Å²) in [5, 5.41) is 0. The lowest BCUT2D eigenvalue weighted by molar-refractivity contribution is -0.152. The van der Waals surface area contributed by atoms with Crippen LogP contribution in [0, 0.1) is 18.3 Å². The Kier molecular flexibility index (Phi) is 7.87. The van der Waals surface area contributed by atoms with Crippen LogP contribution in [0.25, 0.3) is 0 Å². The van der Waals surface area contributed by atoms with Gasteiger partial charge in [0.05, 0.1) is 19.4 Å². The van der Waals surface area contributed by atoms with Gasteiger partial charge in [-0.3, -0.25) is 9.59 Å². The van der Waals surface area contributed by atoms with E-state index >= 15 is 0 Å². The SMILES string of the molecule is C#CC(C)OC(=O)CCC(=O)OCC(C)CC. The number of esters is 2. The van der Waals surface area contributed by atoms with Gasteiger partial charge in [-0.15, -0.1) is 6.42 Å². The van der Waals surface area contributed by atoms with E-state index in [1.54, 1.807) is 6.92 Å². The fraction of sp³-hybridized carbons (Fsp3) is 0.692.